The topological polar surface area (TPSA) is 135 Å². The zero-order chi connectivity index (χ0) is 22.3. The van der Waals surface area contributed by atoms with Crippen LogP contribution in [0, 0.1) is 0 Å². The molecule has 0 bridgehead atoms. The lowest BCUT2D eigenvalue weighted by Crippen LogP contribution is -2.31. The molecule has 1 aliphatic rings. The number of hydrogen-bond donors (Lipinski definition) is 1. The summed E-state index contributed by atoms with van der Waals surface area (Å²) < 4.78 is 76.9. The van der Waals surface area contributed by atoms with Crippen molar-refractivity contribution >= 4 is 35.8 Å². The van der Waals surface area contributed by atoms with Gasteiger partial charge in [0.15, 0.2) is 0 Å². The fourth-order valence-corrected chi connectivity index (χ4v) is 6.92. The van der Waals surface area contributed by atoms with Gasteiger partial charge in [-0.05, 0) is 54.4 Å². The summed E-state index contributed by atoms with van der Waals surface area (Å²) in [6.45, 7) is 4.22. The zero-order valence-corrected chi connectivity index (χ0v) is 19.0. The highest BCUT2D eigenvalue weighted by molar-refractivity contribution is 7.93. The first-order valence-electron chi connectivity index (χ1n) is 9.21. The van der Waals surface area contributed by atoms with Crippen molar-refractivity contribution in [3.63, 3.8) is 0 Å². The van der Waals surface area contributed by atoms with Crippen LogP contribution in [0.15, 0.2) is 57.2 Å². The molecular formula is C18H23N3O6S3. The Morgan fingerprint density at radius 1 is 0.867 bits per heavy atom. The third-order valence-electron chi connectivity index (χ3n) is 4.99. The minimum absolute atomic E-state index is 0.0183. The molecule has 12 heteroatoms. The first kappa shape index (κ1) is 22.7. The summed E-state index contributed by atoms with van der Waals surface area (Å²) in [4.78, 5) is -0.111. The molecule has 0 aliphatic carbocycles. The third-order valence-corrected chi connectivity index (χ3v) is 9.79. The molecule has 1 heterocycles. The van der Waals surface area contributed by atoms with Gasteiger partial charge in [0.1, 0.15) is 0 Å². The van der Waals surface area contributed by atoms with Crippen LogP contribution in [0.4, 0.5) is 5.69 Å². The molecule has 2 N–H and O–H groups in total. The lowest BCUT2D eigenvalue weighted by atomic mass is 10.2. The minimum Gasteiger partial charge on any atom is -0.266 e. The largest absolute Gasteiger partial charge is 0.266 e. The van der Waals surface area contributed by atoms with Crippen LogP contribution in [0.3, 0.4) is 0 Å². The number of hydrogen-bond acceptors (Lipinski definition) is 6. The zero-order valence-electron chi connectivity index (χ0n) is 16.5. The van der Waals surface area contributed by atoms with Gasteiger partial charge in [-0.15, -0.1) is 0 Å². The average molecular weight is 474 g/mol. The normalized spacial score (nSPS) is 14.9. The van der Waals surface area contributed by atoms with Crippen LogP contribution in [0.2, 0.25) is 0 Å². The third kappa shape index (κ3) is 3.97. The Bertz CT molecular complexity index is 1270. The number of nitrogens with two attached hydrogens (primary N) is 1. The molecule has 0 unspecified atom stereocenters. The van der Waals surface area contributed by atoms with Gasteiger partial charge in [-0.2, -0.15) is 4.31 Å². The summed E-state index contributed by atoms with van der Waals surface area (Å²) in [6, 6.07) is 9.15. The molecule has 0 spiro atoms. The molecule has 0 amide bonds. The second-order valence-electron chi connectivity index (χ2n) is 6.72. The molecule has 0 atom stereocenters. The summed E-state index contributed by atoms with van der Waals surface area (Å²) in [5, 5.41) is 5.14. The molecule has 164 valence electrons. The van der Waals surface area contributed by atoms with Crippen LogP contribution in [0.1, 0.15) is 19.4 Å². The van der Waals surface area contributed by atoms with Crippen LogP contribution in [0.5, 0.6) is 0 Å². The molecule has 0 aromatic heterocycles. The quantitative estimate of drug-likeness (QED) is 0.640. The Labute approximate surface area is 177 Å². The maximum Gasteiger partial charge on any atom is 0.264 e. The second kappa shape index (κ2) is 7.93. The van der Waals surface area contributed by atoms with E-state index in [4.69, 9.17) is 5.14 Å². The number of sulfonamides is 3. The van der Waals surface area contributed by atoms with E-state index in [0.29, 0.717) is 30.8 Å². The first-order valence-corrected chi connectivity index (χ1v) is 13.6. The predicted molar refractivity (Wildman–Crippen MR) is 113 cm³/mol. The Morgan fingerprint density at radius 3 is 1.93 bits per heavy atom. The van der Waals surface area contributed by atoms with E-state index in [1.807, 2.05) is 0 Å². The number of rotatable bonds is 7. The highest BCUT2D eigenvalue weighted by Gasteiger charge is 2.32. The van der Waals surface area contributed by atoms with Crippen LogP contribution < -0.4 is 9.44 Å². The molecule has 9 nitrogen and oxygen atoms in total. The molecule has 3 rings (SSSR count). The number of anilines is 1. The number of nitrogens with zero attached hydrogens (tertiary/aromatic N) is 2. The maximum absolute atomic E-state index is 13.1. The van der Waals surface area contributed by atoms with Gasteiger partial charge in [0.2, 0.25) is 20.0 Å². The average Bonchev–Trinajstić information content (AvgIpc) is 3.12. The van der Waals surface area contributed by atoms with Crippen molar-refractivity contribution in [3.05, 3.63) is 48.0 Å². The van der Waals surface area contributed by atoms with Crippen molar-refractivity contribution in [1.29, 1.82) is 0 Å². The fourth-order valence-electron chi connectivity index (χ4n) is 3.40. The number of primary sulfonamides is 1. The van der Waals surface area contributed by atoms with Gasteiger partial charge in [0.25, 0.3) is 10.0 Å². The highest BCUT2D eigenvalue weighted by Crippen LogP contribution is 2.34. The van der Waals surface area contributed by atoms with E-state index in [-0.39, 0.29) is 21.2 Å². The first-order chi connectivity index (χ1) is 13.9. The smallest absolute Gasteiger partial charge is 0.264 e. The summed E-state index contributed by atoms with van der Waals surface area (Å²) in [7, 11) is -11.5. The van der Waals surface area contributed by atoms with E-state index >= 15 is 0 Å². The molecule has 2 aromatic carbocycles. The van der Waals surface area contributed by atoms with Crippen molar-refractivity contribution in [2.45, 2.75) is 35.0 Å². The molecule has 0 saturated heterocycles. The van der Waals surface area contributed by atoms with Gasteiger partial charge in [0, 0.05) is 19.6 Å². The predicted octanol–water partition coefficient (Wildman–Crippen LogP) is 1.12. The molecule has 0 fully saturated rings. The lowest BCUT2D eigenvalue weighted by molar-refractivity contribution is 0.445. The SMILES string of the molecule is CCN(CC)S(=O)(=O)c1ccc(S(=O)(=O)N2CCc3cc(S(N)(=O)=O)ccc32)cc1. The van der Waals surface area contributed by atoms with Crippen molar-refractivity contribution in [2.75, 3.05) is 23.9 Å². The van der Waals surface area contributed by atoms with E-state index in [2.05, 4.69) is 0 Å². The van der Waals surface area contributed by atoms with Gasteiger partial charge >= 0.3 is 0 Å². The van der Waals surface area contributed by atoms with Crippen LogP contribution >= 0.6 is 0 Å². The standard InChI is InChI=1S/C18H23N3O6S3/c1-3-20(4-2)29(24,25)15-5-7-16(8-6-15)30(26,27)21-12-11-14-13-17(28(19,22)23)9-10-18(14)21/h5-10,13H,3-4,11-12H2,1-2H3,(H2,19,22,23). The van der Waals surface area contributed by atoms with Crippen LogP contribution in [-0.4, -0.2) is 49.2 Å². The van der Waals surface area contributed by atoms with E-state index in [1.165, 1.54) is 51.1 Å². The highest BCUT2D eigenvalue weighted by atomic mass is 32.2. The molecule has 1 aliphatic heterocycles. The molecule has 0 saturated carbocycles. The maximum atomic E-state index is 13.1. The Hall–Kier alpha value is -1.99. The monoisotopic (exact) mass is 473 g/mol. The van der Waals surface area contributed by atoms with E-state index < -0.39 is 30.1 Å². The van der Waals surface area contributed by atoms with Gasteiger partial charge in [-0.1, -0.05) is 13.8 Å². The molecular weight excluding hydrogens is 450 g/mol. The molecule has 30 heavy (non-hydrogen) atoms. The van der Waals surface area contributed by atoms with Gasteiger partial charge in [0.05, 0.1) is 20.4 Å². The van der Waals surface area contributed by atoms with E-state index in [0.717, 1.165) is 0 Å². The van der Waals surface area contributed by atoms with Crippen LogP contribution in [-0.2, 0) is 36.5 Å². The van der Waals surface area contributed by atoms with Gasteiger partial charge < -0.3 is 0 Å². The Kier molecular flexibility index (Phi) is 6.00. The number of benzene rings is 2. The number of fused-ring (bicyclic) bond motifs is 1. The van der Waals surface area contributed by atoms with E-state index in [9.17, 15) is 25.3 Å². The van der Waals surface area contributed by atoms with Crippen molar-refractivity contribution in [2.24, 2.45) is 5.14 Å². The summed E-state index contributed by atoms with van der Waals surface area (Å²) in [5.74, 6) is 0. The van der Waals surface area contributed by atoms with Crippen molar-refractivity contribution < 1.29 is 25.3 Å². The second-order valence-corrected chi connectivity index (χ2v) is 12.1. The summed E-state index contributed by atoms with van der Waals surface area (Å²) in [5.41, 5.74) is 0.938. The fraction of sp³-hybridized carbons (Fsp3) is 0.333. The van der Waals surface area contributed by atoms with Gasteiger partial charge in [-0.3, -0.25) is 4.31 Å². The Morgan fingerprint density at radius 2 is 1.40 bits per heavy atom. The molecule has 0 radical (unpaired) electrons. The minimum atomic E-state index is -3.95. The van der Waals surface area contributed by atoms with Crippen molar-refractivity contribution in [1.82, 2.24) is 4.31 Å². The van der Waals surface area contributed by atoms with Crippen LogP contribution in [0.25, 0.3) is 0 Å². The van der Waals surface area contributed by atoms with E-state index in [1.54, 1.807) is 13.8 Å². The summed E-state index contributed by atoms with van der Waals surface area (Å²) >= 11 is 0. The Balaban J connectivity index is 1.95. The summed E-state index contributed by atoms with van der Waals surface area (Å²) in [6.07, 6.45) is 0.340. The van der Waals surface area contributed by atoms with Crippen molar-refractivity contribution in [3.8, 4) is 0 Å². The lowest BCUT2D eigenvalue weighted by Gasteiger charge is -2.21. The van der Waals surface area contributed by atoms with Gasteiger partial charge in [-0.25, -0.2) is 30.4 Å². The molecule has 2 aromatic rings.